The maximum absolute atomic E-state index is 11.9. The van der Waals surface area contributed by atoms with Gasteiger partial charge in [0.2, 0.25) is 15.9 Å². The van der Waals surface area contributed by atoms with Gasteiger partial charge in [-0.05, 0) is 12.1 Å². The molecule has 8 heteroatoms. The summed E-state index contributed by atoms with van der Waals surface area (Å²) in [6.07, 6.45) is 0.139. The Morgan fingerprint density at radius 2 is 2.20 bits per heavy atom. The van der Waals surface area contributed by atoms with E-state index >= 15 is 0 Å². The molecule has 1 atom stereocenters. The fourth-order valence-corrected chi connectivity index (χ4v) is 3.19. The molecule has 1 heterocycles. The number of methoxy groups -OCH3 is 1. The number of phenols is 1. The molecule has 1 unspecified atom stereocenters. The fourth-order valence-electron chi connectivity index (χ4n) is 2.31. The van der Waals surface area contributed by atoms with Gasteiger partial charge in [0.05, 0.1) is 12.9 Å². The number of amides is 1. The number of nitrogens with two attached hydrogens (primary N) is 1. The van der Waals surface area contributed by atoms with E-state index in [4.69, 9.17) is 9.88 Å². The first-order chi connectivity index (χ1) is 9.30. The number of phenolic OH excluding ortho intramolecular Hbond substituents is 1. The van der Waals surface area contributed by atoms with E-state index in [1.165, 1.54) is 24.1 Å². The van der Waals surface area contributed by atoms with E-state index in [2.05, 4.69) is 0 Å². The van der Waals surface area contributed by atoms with E-state index in [0.29, 0.717) is 5.69 Å². The van der Waals surface area contributed by atoms with Crippen LogP contribution in [0.4, 0.5) is 5.69 Å². The lowest BCUT2D eigenvalue weighted by atomic mass is 10.1. The summed E-state index contributed by atoms with van der Waals surface area (Å²) in [6, 6.07) is 4.54. The third-order valence-electron chi connectivity index (χ3n) is 3.15. The highest BCUT2D eigenvalue weighted by atomic mass is 32.2. The Balaban J connectivity index is 2.20. The lowest BCUT2D eigenvalue weighted by Gasteiger charge is -2.17. The van der Waals surface area contributed by atoms with Crippen LogP contribution in [0.2, 0.25) is 0 Å². The van der Waals surface area contributed by atoms with Crippen molar-refractivity contribution in [2.75, 3.05) is 24.3 Å². The molecule has 0 aromatic heterocycles. The van der Waals surface area contributed by atoms with Gasteiger partial charge in [-0.25, -0.2) is 13.6 Å². The number of anilines is 1. The maximum Gasteiger partial charge on any atom is 0.227 e. The lowest BCUT2D eigenvalue weighted by molar-refractivity contribution is -0.117. The molecule has 110 valence electrons. The lowest BCUT2D eigenvalue weighted by Crippen LogP contribution is -2.27. The van der Waals surface area contributed by atoms with Crippen LogP contribution in [-0.2, 0) is 14.8 Å². The van der Waals surface area contributed by atoms with Crippen LogP contribution in [0.25, 0.3) is 0 Å². The summed E-state index contributed by atoms with van der Waals surface area (Å²) in [6.45, 7) is 0.281. The van der Waals surface area contributed by atoms with Crippen LogP contribution in [-0.4, -0.2) is 38.8 Å². The number of sulfonamides is 1. The van der Waals surface area contributed by atoms with Gasteiger partial charge in [-0.15, -0.1) is 0 Å². The van der Waals surface area contributed by atoms with Crippen molar-refractivity contribution in [1.29, 1.82) is 0 Å². The van der Waals surface area contributed by atoms with Crippen LogP contribution < -0.4 is 14.8 Å². The van der Waals surface area contributed by atoms with Gasteiger partial charge < -0.3 is 14.7 Å². The number of nitrogens with zero attached hydrogens (tertiary/aromatic N) is 1. The number of hydrogen-bond donors (Lipinski definition) is 2. The minimum Gasteiger partial charge on any atom is -0.504 e. The number of ether oxygens (including phenoxy) is 1. The third-order valence-corrected chi connectivity index (χ3v) is 4.08. The smallest absolute Gasteiger partial charge is 0.227 e. The van der Waals surface area contributed by atoms with Crippen LogP contribution in [0, 0.1) is 5.92 Å². The first-order valence-electron chi connectivity index (χ1n) is 5.98. The van der Waals surface area contributed by atoms with Crippen molar-refractivity contribution in [3.05, 3.63) is 18.2 Å². The molecule has 1 amide bonds. The molecule has 1 aromatic rings. The second-order valence-electron chi connectivity index (χ2n) is 4.76. The summed E-state index contributed by atoms with van der Waals surface area (Å²) >= 11 is 0. The zero-order valence-electron chi connectivity index (χ0n) is 10.9. The van der Waals surface area contributed by atoms with Crippen LogP contribution in [0.1, 0.15) is 6.42 Å². The maximum atomic E-state index is 11.9. The number of primary sulfonamides is 1. The van der Waals surface area contributed by atoms with E-state index < -0.39 is 10.0 Å². The summed E-state index contributed by atoms with van der Waals surface area (Å²) in [5.74, 6) is -0.484. The molecule has 1 saturated heterocycles. The molecule has 0 spiro atoms. The van der Waals surface area contributed by atoms with Crippen LogP contribution >= 0.6 is 0 Å². The van der Waals surface area contributed by atoms with E-state index in [1.807, 2.05) is 0 Å². The van der Waals surface area contributed by atoms with Crippen molar-refractivity contribution in [3.63, 3.8) is 0 Å². The second-order valence-corrected chi connectivity index (χ2v) is 6.42. The Bertz CT molecular complexity index is 629. The number of aromatic hydroxyl groups is 1. The third kappa shape index (κ3) is 3.20. The molecule has 1 aromatic carbocycles. The van der Waals surface area contributed by atoms with E-state index in [1.54, 1.807) is 6.07 Å². The van der Waals surface area contributed by atoms with Gasteiger partial charge in [-0.3, -0.25) is 4.79 Å². The molecule has 1 aliphatic heterocycles. The van der Waals surface area contributed by atoms with Gasteiger partial charge in [0.15, 0.2) is 11.5 Å². The molecule has 0 aliphatic carbocycles. The molecule has 20 heavy (non-hydrogen) atoms. The van der Waals surface area contributed by atoms with Gasteiger partial charge in [0, 0.05) is 30.6 Å². The minimum atomic E-state index is -3.60. The van der Waals surface area contributed by atoms with Gasteiger partial charge in [0.1, 0.15) is 0 Å². The predicted octanol–water partition coefficient (Wildman–Crippen LogP) is 0.0422. The second kappa shape index (κ2) is 5.29. The quantitative estimate of drug-likeness (QED) is 0.816. The highest BCUT2D eigenvalue weighted by Crippen LogP contribution is 2.33. The van der Waals surface area contributed by atoms with Gasteiger partial charge in [-0.1, -0.05) is 0 Å². The molecule has 1 aliphatic rings. The molecule has 2 rings (SSSR count). The van der Waals surface area contributed by atoms with Crippen molar-refractivity contribution in [2.45, 2.75) is 6.42 Å². The first kappa shape index (κ1) is 14.6. The van der Waals surface area contributed by atoms with Crippen LogP contribution in [0.3, 0.4) is 0 Å². The molecule has 7 nitrogen and oxygen atoms in total. The van der Waals surface area contributed by atoms with Gasteiger partial charge in [-0.2, -0.15) is 0 Å². The normalized spacial score (nSPS) is 19.4. The Morgan fingerprint density at radius 1 is 1.50 bits per heavy atom. The van der Waals surface area contributed by atoms with Crippen molar-refractivity contribution >= 4 is 21.6 Å². The number of hydrogen-bond acceptors (Lipinski definition) is 5. The molecule has 0 bridgehead atoms. The number of benzene rings is 1. The zero-order valence-corrected chi connectivity index (χ0v) is 11.8. The Hall–Kier alpha value is -1.80. The molecular formula is C12H16N2O5S. The predicted molar refractivity (Wildman–Crippen MR) is 73.1 cm³/mol. The van der Waals surface area contributed by atoms with Crippen LogP contribution in [0.15, 0.2) is 18.2 Å². The number of rotatable bonds is 4. The summed E-state index contributed by atoms with van der Waals surface area (Å²) < 4.78 is 27.1. The highest BCUT2D eigenvalue weighted by molar-refractivity contribution is 7.89. The largest absolute Gasteiger partial charge is 0.504 e. The van der Waals surface area contributed by atoms with Crippen molar-refractivity contribution in [1.82, 2.24) is 0 Å². The Labute approximate surface area is 117 Å². The number of carbonyl (C=O) groups is 1. The van der Waals surface area contributed by atoms with E-state index in [9.17, 15) is 18.3 Å². The zero-order chi connectivity index (χ0) is 14.9. The van der Waals surface area contributed by atoms with E-state index in [-0.39, 0.29) is 42.0 Å². The van der Waals surface area contributed by atoms with Crippen molar-refractivity contribution < 1.29 is 23.1 Å². The van der Waals surface area contributed by atoms with Crippen molar-refractivity contribution in [2.24, 2.45) is 11.1 Å². The minimum absolute atomic E-state index is 0.0241. The molecule has 0 saturated carbocycles. The molecule has 3 N–H and O–H groups in total. The topological polar surface area (TPSA) is 110 Å². The van der Waals surface area contributed by atoms with Crippen LogP contribution in [0.5, 0.6) is 11.5 Å². The summed E-state index contributed by atoms with van der Waals surface area (Å²) in [5.41, 5.74) is 0.557. The average Bonchev–Trinajstić information content (AvgIpc) is 2.68. The fraction of sp³-hybridized carbons (Fsp3) is 0.417. The molecule has 0 radical (unpaired) electrons. The van der Waals surface area contributed by atoms with Crippen molar-refractivity contribution in [3.8, 4) is 11.5 Å². The highest BCUT2D eigenvalue weighted by Gasteiger charge is 2.33. The van der Waals surface area contributed by atoms with Gasteiger partial charge >= 0.3 is 0 Å². The summed E-state index contributed by atoms with van der Waals surface area (Å²) in [5, 5.41) is 14.5. The molecular weight excluding hydrogens is 284 g/mol. The summed E-state index contributed by atoms with van der Waals surface area (Å²) in [7, 11) is -2.19. The Kier molecular flexibility index (Phi) is 3.87. The average molecular weight is 300 g/mol. The first-order valence-corrected chi connectivity index (χ1v) is 7.69. The Morgan fingerprint density at radius 3 is 2.80 bits per heavy atom. The molecule has 1 fully saturated rings. The van der Waals surface area contributed by atoms with E-state index in [0.717, 1.165) is 0 Å². The SMILES string of the molecule is COc1cc(N2CC(CS(N)(=O)=O)CC2=O)ccc1O. The van der Waals surface area contributed by atoms with Gasteiger partial charge in [0.25, 0.3) is 0 Å². The standard InChI is InChI=1S/C12H16N2O5S/c1-19-11-5-9(2-3-10(11)15)14-6-8(4-12(14)16)7-20(13,17)18/h2-3,5,8,15H,4,6-7H2,1H3,(H2,13,17,18). The monoisotopic (exact) mass is 300 g/mol. The summed E-state index contributed by atoms with van der Waals surface area (Å²) in [4.78, 5) is 13.4. The number of carbonyl (C=O) groups excluding carboxylic acids is 1.